The molecular formula is C24H28N4O2S. The third-order valence-electron chi connectivity index (χ3n) is 5.26. The van der Waals surface area contributed by atoms with Crippen LogP contribution in [0.25, 0.3) is 16.3 Å². The van der Waals surface area contributed by atoms with Crippen molar-refractivity contribution in [1.82, 2.24) is 15.2 Å². The van der Waals surface area contributed by atoms with Crippen molar-refractivity contribution in [2.75, 3.05) is 50.8 Å². The van der Waals surface area contributed by atoms with E-state index in [-0.39, 0.29) is 5.91 Å². The smallest absolute Gasteiger partial charge is 0.244 e. The summed E-state index contributed by atoms with van der Waals surface area (Å²) in [5.41, 5.74) is 2.05. The predicted octanol–water partition coefficient (Wildman–Crippen LogP) is 3.65. The van der Waals surface area contributed by atoms with Crippen LogP contribution in [-0.2, 0) is 4.79 Å². The minimum absolute atomic E-state index is 0.0524. The zero-order valence-electron chi connectivity index (χ0n) is 17.8. The number of anilines is 1. The van der Waals surface area contributed by atoms with Gasteiger partial charge in [0.25, 0.3) is 0 Å². The normalized spacial score (nSPS) is 14.9. The number of carbonyl (C=O) groups excluding carboxylic acids is 1. The molecule has 0 spiro atoms. The Balaban J connectivity index is 1.21. The highest BCUT2D eigenvalue weighted by Gasteiger charge is 2.19. The summed E-state index contributed by atoms with van der Waals surface area (Å²) in [5.74, 6) is 0.846. The SMILES string of the molecule is CCOc1ccc2nc(N3CCN(CCNC(=O)/C=C/c4ccccc4)CC3)sc2c1. The average molecular weight is 437 g/mol. The highest BCUT2D eigenvalue weighted by molar-refractivity contribution is 7.22. The van der Waals surface area contributed by atoms with Crippen molar-refractivity contribution in [3.8, 4) is 5.75 Å². The van der Waals surface area contributed by atoms with Gasteiger partial charge in [-0.1, -0.05) is 41.7 Å². The van der Waals surface area contributed by atoms with E-state index < -0.39 is 0 Å². The fraction of sp³-hybridized carbons (Fsp3) is 0.333. The summed E-state index contributed by atoms with van der Waals surface area (Å²) in [6.45, 7) is 8.00. The number of amides is 1. The lowest BCUT2D eigenvalue weighted by molar-refractivity contribution is -0.116. The van der Waals surface area contributed by atoms with Crippen molar-refractivity contribution in [3.63, 3.8) is 0 Å². The lowest BCUT2D eigenvalue weighted by Gasteiger charge is -2.34. The van der Waals surface area contributed by atoms with Crippen LogP contribution in [0.5, 0.6) is 5.75 Å². The van der Waals surface area contributed by atoms with Crippen LogP contribution in [0.2, 0.25) is 0 Å². The minimum Gasteiger partial charge on any atom is -0.494 e. The number of benzene rings is 2. The summed E-state index contributed by atoms with van der Waals surface area (Å²) in [5, 5.41) is 4.05. The molecular weight excluding hydrogens is 408 g/mol. The predicted molar refractivity (Wildman–Crippen MR) is 128 cm³/mol. The molecule has 2 aromatic carbocycles. The van der Waals surface area contributed by atoms with Crippen LogP contribution in [0.4, 0.5) is 5.13 Å². The summed E-state index contributed by atoms with van der Waals surface area (Å²) in [6.07, 6.45) is 3.43. The van der Waals surface area contributed by atoms with Crippen molar-refractivity contribution in [2.45, 2.75) is 6.92 Å². The van der Waals surface area contributed by atoms with Gasteiger partial charge in [-0.3, -0.25) is 9.69 Å². The second-order valence-electron chi connectivity index (χ2n) is 7.42. The Bertz CT molecular complexity index is 1030. The fourth-order valence-electron chi connectivity index (χ4n) is 3.58. The Hall–Kier alpha value is -2.90. The Morgan fingerprint density at radius 1 is 1.16 bits per heavy atom. The number of thiazole rings is 1. The van der Waals surface area contributed by atoms with Crippen LogP contribution in [0.3, 0.4) is 0 Å². The Morgan fingerprint density at radius 3 is 2.74 bits per heavy atom. The Kier molecular flexibility index (Phi) is 7.17. The molecule has 0 radical (unpaired) electrons. The zero-order chi connectivity index (χ0) is 21.5. The molecule has 1 N–H and O–H groups in total. The van der Waals surface area contributed by atoms with Crippen LogP contribution in [-0.4, -0.2) is 61.7 Å². The second kappa shape index (κ2) is 10.4. The summed E-state index contributed by atoms with van der Waals surface area (Å²) < 4.78 is 6.76. The molecule has 6 nitrogen and oxygen atoms in total. The maximum Gasteiger partial charge on any atom is 0.244 e. The van der Waals surface area contributed by atoms with Gasteiger partial charge < -0.3 is 15.0 Å². The lowest BCUT2D eigenvalue weighted by atomic mass is 10.2. The van der Waals surface area contributed by atoms with Gasteiger partial charge in [0.1, 0.15) is 5.75 Å². The quantitative estimate of drug-likeness (QED) is 0.547. The molecule has 1 amide bonds. The largest absolute Gasteiger partial charge is 0.494 e. The number of aromatic nitrogens is 1. The highest BCUT2D eigenvalue weighted by atomic mass is 32.1. The molecule has 7 heteroatoms. The van der Waals surface area contributed by atoms with Gasteiger partial charge in [0, 0.05) is 45.3 Å². The first-order valence-electron chi connectivity index (χ1n) is 10.7. The number of hydrogen-bond acceptors (Lipinski definition) is 6. The molecule has 1 fully saturated rings. The number of carbonyl (C=O) groups is 1. The Morgan fingerprint density at radius 2 is 1.97 bits per heavy atom. The van der Waals surface area contributed by atoms with Crippen molar-refractivity contribution in [1.29, 1.82) is 0 Å². The van der Waals surface area contributed by atoms with Crippen LogP contribution < -0.4 is 15.0 Å². The van der Waals surface area contributed by atoms with Crippen molar-refractivity contribution < 1.29 is 9.53 Å². The highest BCUT2D eigenvalue weighted by Crippen LogP contribution is 2.31. The molecule has 2 heterocycles. The van der Waals surface area contributed by atoms with E-state index in [0.29, 0.717) is 13.2 Å². The van der Waals surface area contributed by atoms with Crippen molar-refractivity contribution in [2.24, 2.45) is 0 Å². The second-order valence-corrected chi connectivity index (χ2v) is 8.43. The van der Waals surface area contributed by atoms with Gasteiger partial charge >= 0.3 is 0 Å². The van der Waals surface area contributed by atoms with E-state index in [1.54, 1.807) is 17.4 Å². The standard InChI is InChI=1S/C24H28N4O2S/c1-2-30-20-9-10-21-22(18-20)31-24(26-21)28-16-14-27(15-17-28)13-12-25-23(29)11-8-19-6-4-3-5-7-19/h3-11,18H,2,12-17H2,1H3,(H,25,29)/b11-8+. The van der Waals surface area contributed by atoms with E-state index in [1.807, 2.05) is 55.5 Å². The minimum atomic E-state index is -0.0524. The number of nitrogens with zero attached hydrogens (tertiary/aromatic N) is 3. The molecule has 31 heavy (non-hydrogen) atoms. The number of ether oxygens (including phenoxy) is 1. The molecule has 0 saturated carbocycles. The van der Waals surface area contributed by atoms with Crippen molar-refractivity contribution in [3.05, 3.63) is 60.2 Å². The van der Waals surface area contributed by atoms with E-state index >= 15 is 0 Å². The van der Waals surface area contributed by atoms with Crippen molar-refractivity contribution >= 4 is 38.7 Å². The molecule has 0 aliphatic carbocycles. The number of nitrogens with one attached hydrogen (secondary N) is 1. The van der Waals surface area contributed by atoms with Gasteiger partial charge in [0.15, 0.2) is 5.13 Å². The molecule has 1 aromatic heterocycles. The first-order valence-corrected chi connectivity index (χ1v) is 11.5. The molecule has 0 atom stereocenters. The Labute approximate surface area is 187 Å². The van der Waals surface area contributed by atoms with E-state index in [0.717, 1.165) is 59.4 Å². The number of piperazine rings is 1. The first-order chi connectivity index (χ1) is 15.2. The van der Waals surface area contributed by atoms with Gasteiger partial charge in [-0.05, 0) is 36.8 Å². The van der Waals surface area contributed by atoms with E-state index in [1.165, 1.54) is 0 Å². The molecule has 4 rings (SSSR count). The van der Waals surface area contributed by atoms with E-state index in [9.17, 15) is 4.79 Å². The lowest BCUT2D eigenvalue weighted by Crippen LogP contribution is -2.48. The molecule has 0 unspecified atom stereocenters. The summed E-state index contributed by atoms with van der Waals surface area (Å²) >= 11 is 1.72. The maximum atomic E-state index is 12.0. The van der Waals surface area contributed by atoms with Gasteiger partial charge in [0.2, 0.25) is 5.91 Å². The van der Waals surface area contributed by atoms with Gasteiger partial charge in [0.05, 0.1) is 16.8 Å². The van der Waals surface area contributed by atoms with Crippen LogP contribution in [0.1, 0.15) is 12.5 Å². The third kappa shape index (κ3) is 5.83. The third-order valence-corrected chi connectivity index (χ3v) is 6.34. The summed E-state index contributed by atoms with van der Waals surface area (Å²) in [7, 11) is 0. The number of rotatable bonds is 8. The van der Waals surface area contributed by atoms with E-state index in [2.05, 4.69) is 21.2 Å². The van der Waals surface area contributed by atoms with Crippen LogP contribution >= 0.6 is 11.3 Å². The van der Waals surface area contributed by atoms with Crippen LogP contribution in [0.15, 0.2) is 54.6 Å². The average Bonchev–Trinajstić information content (AvgIpc) is 3.22. The first kappa shape index (κ1) is 21.3. The monoisotopic (exact) mass is 436 g/mol. The van der Waals surface area contributed by atoms with Gasteiger partial charge in [-0.25, -0.2) is 4.98 Å². The molecule has 1 aliphatic rings. The molecule has 1 aliphatic heterocycles. The number of hydrogen-bond donors (Lipinski definition) is 1. The summed E-state index contributed by atoms with van der Waals surface area (Å²) in [6, 6.07) is 15.9. The molecule has 3 aromatic rings. The van der Waals surface area contributed by atoms with E-state index in [4.69, 9.17) is 9.72 Å². The van der Waals surface area contributed by atoms with Gasteiger partial charge in [-0.15, -0.1) is 0 Å². The van der Waals surface area contributed by atoms with Gasteiger partial charge in [-0.2, -0.15) is 0 Å². The number of fused-ring (bicyclic) bond motifs is 1. The summed E-state index contributed by atoms with van der Waals surface area (Å²) in [4.78, 5) is 21.5. The fourth-order valence-corrected chi connectivity index (χ4v) is 4.63. The molecule has 1 saturated heterocycles. The molecule has 162 valence electrons. The topological polar surface area (TPSA) is 57.7 Å². The molecule has 0 bridgehead atoms. The van der Waals surface area contributed by atoms with Crippen LogP contribution in [0, 0.1) is 0 Å². The maximum absolute atomic E-state index is 12.0. The zero-order valence-corrected chi connectivity index (χ0v) is 18.6.